The van der Waals surface area contributed by atoms with Gasteiger partial charge in [-0.3, -0.25) is 4.79 Å². The molecule has 102 valence electrons. The Hall–Kier alpha value is -1.32. The number of amides is 1. The van der Waals surface area contributed by atoms with Crippen LogP contribution in [-0.4, -0.2) is 5.91 Å². The fraction of sp³-hybridized carbons (Fsp3) is 0.188. The zero-order chi connectivity index (χ0) is 14.1. The lowest BCUT2D eigenvalue weighted by Gasteiger charge is -2.19. The van der Waals surface area contributed by atoms with E-state index in [-0.39, 0.29) is 10.7 Å². The highest BCUT2D eigenvalue weighted by Crippen LogP contribution is 2.34. The average Bonchev–Trinajstić information content (AvgIpc) is 2.46. The maximum Gasteiger partial charge on any atom is 0.224 e. The highest BCUT2D eigenvalue weighted by Gasteiger charge is 2.17. The van der Waals surface area contributed by atoms with Gasteiger partial charge in [0.25, 0.3) is 0 Å². The van der Waals surface area contributed by atoms with Crippen molar-refractivity contribution in [2.45, 2.75) is 17.7 Å². The fourth-order valence-electron chi connectivity index (χ4n) is 2.42. The Labute approximate surface area is 131 Å². The molecule has 2 aromatic rings. The van der Waals surface area contributed by atoms with Crippen LogP contribution in [0.4, 0.5) is 5.69 Å². The summed E-state index contributed by atoms with van der Waals surface area (Å²) in [4.78, 5) is 11.5. The van der Waals surface area contributed by atoms with Crippen molar-refractivity contribution < 1.29 is 4.79 Å². The summed E-state index contributed by atoms with van der Waals surface area (Å²) in [5.41, 5.74) is 4.41. The number of nitrogens with one attached hydrogen (secondary N) is 1. The molecular weight excluding hydrogens is 338 g/mol. The molecule has 0 fully saturated rings. The SMILES string of the molecule is O=C1CCc2cc(C(Br)c3cccc(Cl)c3)ccc2N1. The summed E-state index contributed by atoms with van der Waals surface area (Å²) in [5.74, 6) is 0.0930. The number of aryl methyl sites for hydroxylation is 1. The molecule has 1 atom stereocenters. The molecule has 0 saturated carbocycles. The van der Waals surface area contributed by atoms with Crippen LogP contribution in [0.5, 0.6) is 0 Å². The number of carbonyl (C=O) groups is 1. The van der Waals surface area contributed by atoms with Crippen molar-refractivity contribution in [3.63, 3.8) is 0 Å². The van der Waals surface area contributed by atoms with Gasteiger partial charge in [0.15, 0.2) is 0 Å². The van der Waals surface area contributed by atoms with Crippen LogP contribution in [0.2, 0.25) is 5.02 Å². The number of hydrogen-bond donors (Lipinski definition) is 1. The first-order chi connectivity index (χ1) is 9.63. The molecule has 0 aliphatic carbocycles. The average molecular weight is 351 g/mol. The van der Waals surface area contributed by atoms with Gasteiger partial charge in [-0.1, -0.05) is 51.8 Å². The molecule has 0 bridgehead atoms. The van der Waals surface area contributed by atoms with E-state index in [9.17, 15) is 4.79 Å². The summed E-state index contributed by atoms with van der Waals surface area (Å²) in [7, 11) is 0. The first kappa shape index (κ1) is 13.7. The Kier molecular flexibility index (Phi) is 3.81. The smallest absolute Gasteiger partial charge is 0.224 e. The minimum absolute atomic E-state index is 0.0930. The molecule has 1 aliphatic rings. The van der Waals surface area contributed by atoms with E-state index in [1.54, 1.807) is 0 Å². The number of anilines is 1. The van der Waals surface area contributed by atoms with Crippen molar-refractivity contribution in [1.29, 1.82) is 0 Å². The van der Waals surface area contributed by atoms with Gasteiger partial charge in [-0.2, -0.15) is 0 Å². The monoisotopic (exact) mass is 349 g/mol. The van der Waals surface area contributed by atoms with Gasteiger partial charge in [-0.25, -0.2) is 0 Å². The van der Waals surface area contributed by atoms with Crippen molar-refractivity contribution in [1.82, 2.24) is 0 Å². The summed E-state index contributed by atoms with van der Waals surface area (Å²) < 4.78 is 0. The van der Waals surface area contributed by atoms with Gasteiger partial charge in [-0.05, 0) is 41.3 Å². The van der Waals surface area contributed by atoms with Gasteiger partial charge < -0.3 is 5.32 Å². The molecule has 0 spiro atoms. The first-order valence-corrected chi connectivity index (χ1v) is 7.75. The Morgan fingerprint density at radius 1 is 1.10 bits per heavy atom. The van der Waals surface area contributed by atoms with Crippen LogP contribution in [0.1, 0.15) is 27.9 Å². The Morgan fingerprint density at radius 2 is 1.90 bits per heavy atom. The van der Waals surface area contributed by atoms with Gasteiger partial charge >= 0.3 is 0 Å². The Morgan fingerprint density at radius 3 is 2.70 bits per heavy atom. The molecule has 0 saturated heterocycles. The second kappa shape index (κ2) is 5.58. The lowest BCUT2D eigenvalue weighted by molar-refractivity contribution is -0.116. The number of carbonyl (C=O) groups excluding carboxylic acids is 1. The predicted octanol–water partition coefficient (Wildman–Crippen LogP) is 4.71. The van der Waals surface area contributed by atoms with Gasteiger partial charge in [0.1, 0.15) is 0 Å². The third-order valence-electron chi connectivity index (χ3n) is 3.46. The summed E-state index contributed by atoms with van der Waals surface area (Å²) in [5, 5.41) is 3.63. The van der Waals surface area contributed by atoms with Crippen LogP contribution in [0.15, 0.2) is 42.5 Å². The number of hydrogen-bond acceptors (Lipinski definition) is 1. The normalized spacial score (nSPS) is 15.4. The van der Waals surface area contributed by atoms with Crippen molar-refractivity contribution in [2.24, 2.45) is 0 Å². The van der Waals surface area contributed by atoms with Crippen molar-refractivity contribution in [2.75, 3.05) is 5.32 Å². The molecule has 3 rings (SSSR count). The number of rotatable bonds is 2. The van der Waals surface area contributed by atoms with Gasteiger partial charge in [0.05, 0.1) is 4.83 Å². The van der Waals surface area contributed by atoms with Gasteiger partial charge in [0.2, 0.25) is 5.91 Å². The second-order valence-electron chi connectivity index (χ2n) is 4.88. The van der Waals surface area contributed by atoms with E-state index in [0.29, 0.717) is 6.42 Å². The minimum Gasteiger partial charge on any atom is -0.326 e. The number of benzene rings is 2. The lowest BCUT2D eigenvalue weighted by atomic mass is 9.97. The third kappa shape index (κ3) is 2.74. The van der Waals surface area contributed by atoms with E-state index >= 15 is 0 Å². The Bertz CT molecular complexity index is 671. The molecule has 1 amide bonds. The first-order valence-electron chi connectivity index (χ1n) is 6.46. The molecule has 4 heteroatoms. The highest BCUT2D eigenvalue weighted by atomic mass is 79.9. The van der Waals surface area contributed by atoms with Crippen LogP contribution in [0.3, 0.4) is 0 Å². The van der Waals surface area contributed by atoms with Crippen molar-refractivity contribution >= 4 is 39.1 Å². The zero-order valence-corrected chi connectivity index (χ0v) is 13.0. The van der Waals surface area contributed by atoms with Crippen molar-refractivity contribution in [3.05, 3.63) is 64.2 Å². The summed E-state index contributed by atoms with van der Waals surface area (Å²) >= 11 is 9.76. The summed E-state index contributed by atoms with van der Waals surface area (Å²) in [6.07, 6.45) is 1.35. The maximum atomic E-state index is 11.4. The van der Waals surface area contributed by atoms with Crippen LogP contribution in [-0.2, 0) is 11.2 Å². The van der Waals surface area contributed by atoms with E-state index in [1.807, 2.05) is 36.4 Å². The van der Waals surface area contributed by atoms with Crippen LogP contribution >= 0.6 is 27.5 Å². The van der Waals surface area contributed by atoms with Gasteiger partial charge in [0, 0.05) is 17.1 Å². The minimum atomic E-state index is 0.0930. The molecule has 20 heavy (non-hydrogen) atoms. The highest BCUT2D eigenvalue weighted by molar-refractivity contribution is 9.09. The fourth-order valence-corrected chi connectivity index (χ4v) is 3.19. The Balaban J connectivity index is 1.93. The molecular formula is C16H13BrClNO. The van der Waals surface area contributed by atoms with Crippen LogP contribution in [0, 0.1) is 0 Å². The third-order valence-corrected chi connectivity index (χ3v) is 4.75. The molecule has 1 N–H and O–H groups in total. The van der Waals surface area contributed by atoms with E-state index in [1.165, 1.54) is 11.1 Å². The predicted molar refractivity (Wildman–Crippen MR) is 85.6 cm³/mol. The lowest BCUT2D eigenvalue weighted by Crippen LogP contribution is -2.19. The molecule has 2 aromatic carbocycles. The topological polar surface area (TPSA) is 29.1 Å². The van der Waals surface area contributed by atoms with Gasteiger partial charge in [-0.15, -0.1) is 0 Å². The standard InChI is InChI=1S/C16H13BrClNO/c17-16(11-2-1-3-13(18)9-11)12-4-6-14-10(8-12)5-7-15(20)19-14/h1-4,6,8-9,16H,5,7H2,(H,19,20). The summed E-state index contributed by atoms with van der Waals surface area (Å²) in [6.45, 7) is 0. The number of halogens is 2. The van der Waals surface area contributed by atoms with Crippen molar-refractivity contribution in [3.8, 4) is 0 Å². The van der Waals surface area contributed by atoms with E-state index in [0.717, 1.165) is 22.7 Å². The number of alkyl halides is 1. The number of fused-ring (bicyclic) bond motifs is 1. The molecule has 2 nitrogen and oxygen atoms in total. The summed E-state index contributed by atoms with van der Waals surface area (Å²) in [6, 6.07) is 14.0. The van der Waals surface area contributed by atoms with E-state index in [4.69, 9.17) is 11.6 Å². The van der Waals surface area contributed by atoms with Crippen LogP contribution in [0.25, 0.3) is 0 Å². The zero-order valence-electron chi connectivity index (χ0n) is 10.7. The molecule has 1 unspecified atom stereocenters. The van der Waals surface area contributed by atoms with E-state index in [2.05, 4.69) is 27.3 Å². The maximum absolute atomic E-state index is 11.4. The quantitative estimate of drug-likeness (QED) is 0.781. The van der Waals surface area contributed by atoms with Crippen LogP contribution < -0.4 is 5.32 Å². The second-order valence-corrected chi connectivity index (χ2v) is 6.23. The van der Waals surface area contributed by atoms with E-state index < -0.39 is 0 Å². The largest absolute Gasteiger partial charge is 0.326 e. The molecule has 1 aliphatic heterocycles. The molecule has 0 aromatic heterocycles. The molecule has 0 radical (unpaired) electrons. The molecule has 1 heterocycles.